The minimum absolute atomic E-state index is 0. The zero-order chi connectivity index (χ0) is 15.0. The summed E-state index contributed by atoms with van der Waals surface area (Å²) in [5.41, 5.74) is 1.64. The highest BCUT2D eigenvalue weighted by molar-refractivity contribution is 9.10. The summed E-state index contributed by atoms with van der Waals surface area (Å²) in [6.07, 6.45) is 0.956. The first kappa shape index (κ1) is 17.3. The zero-order valence-corrected chi connectivity index (χ0v) is 15.0. The van der Waals surface area contributed by atoms with Crippen LogP contribution in [0.15, 0.2) is 27.1 Å². The Hall–Kier alpha value is -1.04. The van der Waals surface area contributed by atoms with Crippen LogP contribution in [0, 0.1) is 12.8 Å². The Bertz CT molecular complexity index is 686. The van der Waals surface area contributed by atoms with E-state index in [-0.39, 0.29) is 24.4 Å². The van der Waals surface area contributed by atoms with Crippen molar-refractivity contribution in [3.63, 3.8) is 0 Å². The van der Waals surface area contributed by atoms with Crippen LogP contribution in [-0.4, -0.2) is 25.0 Å². The fourth-order valence-corrected chi connectivity index (χ4v) is 3.23. The third kappa shape index (κ3) is 3.31. The molecule has 1 aliphatic heterocycles. The molecule has 2 unspecified atom stereocenters. The number of carbonyl (C=O) groups is 1. The smallest absolute Gasteiger partial charge is 0.287 e. The number of fused-ring (bicyclic) bond motifs is 1. The molecule has 1 aromatic carbocycles. The fourth-order valence-electron chi connectivity index (χ4n) is 2.87. The molecule has 0 bridgehead atoms. The van der Waals surface area contributed by atoms with E-state index in [4.69, 9.17) is 4.42 Å². The average molecular weight is 388 g/mol. The van der Waals surface area contributed by atoms with Crippen LogP contribution in [-0.2, 0) is 0 Å². The van der Waals surface area contributed by atoms with Crippen molar-refractivity contribution in [2.75, 3.05) is 13.1 Å². The van der Waals surface area contributed by atoms with E-state index in [0.29, 0.717) is 11.7 Å². The minimum Gasteiger partial charge on any atom is -0.451 e. The number of rotatable bonds is 2. The van der Waals surface area contributed by atoms with Crippen LogP contribution in [0.3, 0.4) is 0 Å². The summed E-state index contributed by atoms with van der Waals surface area (Å²) in [4.78, 5) is 12.5. The van der Waals surface area contributed by atoms with Gasteiger partial charge in [-0.15, -0.1) is 12.4 Å². The van der Waals surface area contributed by atoms with Crippen molar-refractivity contribution in [1.29, 1.82) is 0 Å². The molecular formula is C16H20BrClN2O2. The quantitative estimate of drug-likeness (QED) is 0.827. The maximum Gasteiger partial charge on any atom is 0.287 e. The van der Waals surface area contributed by atoms with Crippen LogP contribution in [0.5, 0.6) is 0 Å². The molecule has 1 saturated heterocycles. The van der Waals surface area contributed by atoms with Gasteiger partial charge in [-0.05, 0) is 50.6 Å². The van der Waals surface area contributed by atoms with Gasteiger partial charge in [0.2, 0.25) is 0 Å². The molecule has 2 atom stereocenters. The van der Waals surface area contributed by atoms with Crippen molar-refractivity contribution in [2.45, 2.75) is 26.3 Å². The van der Waals surface area contributed by atoms with Crippen molar-refractivity contribution in [3.05, 3.63) is 34.0 Å². The molecule has 120 valence electrons. The van der Waals surface area contributed by atoms with Crippen LogP contribution in [0.1, 0.15) is 29.5 Å². The number of amides is 1. The summed E-state index contributed by atoms with van der Waals surface area (Å²) >= 11 is 3.45. The average Bonchev–Trinajstić information content (AvgIpc) is 2.79. The standard InChI is InChI=1S/C16H19BrN2O2.ClH/c1-9-8-18-6-5-13(9)19-16(20)15-10(2)12-7-11(17)3-4-14(12)21-15;/h3-4,7,9,13,18H,5-6,8H2,1-2H3,(H,19,20);1H. The highest BCUT2D eigenvalue weighted by Crippen LogP contribution is 2.28. The summed E-state index contributed by atoms with van der Waals surface area (Å²) in [6.45, 7) is 5.97. The second-order valence-electron chi connectivity index (χ2n) is 5.75. The molecule has 1 fully saturated rings. The monoisotopic (exact) mass is 386 g/mol. The Balaban J connectivity index is 0.00000176. The lowest BCUT2D eigenvalue weighted by Gasteiger charge is -2.29. The van der Waals surface area contributed by atoms with Gasteiger partial charge < -0.3 is 15.1 Å². The summed E-state index contributed by atoms with van der Waals surface area (Å²) in [5, 5.41) is 7.43. The molecule has 0 aliphatic carbocycles. The van der Waals surface area contributed by atoms with Crippen LogP contribution >= 0.6 is 28.3 Å². The zero-order valence-electron chi connectivity index (χ0n) is 12.6. The van der Waals surface area contributed by atoms with E-state index in [9.17, 15) is 4.79 Å². The molecule has 0 radical (unpaired) electrons. The third-order valence-corrected chi connectivity index (χ3v) is 4.70. The highest BCUT2D eigenvalue weighted by Gasteiger charge is 2.25. The van der Waals surface area contributed by atoms with E-state index in [2.05, 4.69) is 33.5 Å². The van der Waals surface area contributed by atoms with E-state index in [0.717, 1.165) is 40.5 Å². The molecule has 0 saturated carbocycles. The second-order valence-corrected chi connectivity index (χ2v) is 6.66. The molecule has 1 amide bonds. The van der Waals surface area contributed by atoms with Crippen molar-refractivity contribution in [3.8, 4) is 0 Å². The molecule has 2 aromatic rings. The summed E-state index contributed by atoms with van der Waals surface area (Å²) in [5.74, 6) is 0.744. The van der Waals surface area contributed by atoms with Crippen LogP contribution in [0.25, 0.3) is 11.0 Å². The van der Waals surface area contributed by atoms with E-state index >= 15 is 0 Å². The summed E-state index contributed by atoms with van der Waals surface area (Å²) in [6, 6.07) is 5.99. The normalized spacial score (nSPS) is 21.4. The fraction of sp³-hybridized carbons (Fsp3) is 0.438. The van der Waals surface area contributed by atoms with Crippen molar-refractivity contribution in [1.82, 2.24) is 10.6 Å². The van der Waals surface area contributed by atoms with Crippen LogP contribution in [0.4, 0.5) is 0 Å². The lowest BCUT2D eigenvalue weighted by molar-refractivity contribution is 0.0887. The highest BCUT2D eigenvalue weighted by atomic mass is 79.9. The largest absolute Gasteiger partial charge is 0.451 e. The van der Waals surface area contributed by atoms with Gasteiger partial charge in [-0.1, -0.05) is 22.9 Å². The number of aryl methyl sites for hydroxylation is 1. The van der Waals surface area contributed by atoms with E-state index < -0.39 is 0 Å². The molecule has 2 heterocycles. The van der Waals surface area contributed by atoms with Crippen molar-refractivity contribution >= 4 is 45.2 Å². The maximum absolute atomic E-state index is 12.5. The number of carbonyl (C=O) groups excluding carboxylic acids is 1. The van der Waals surface area contributed by atoms with Crippen LogP contribution < -0.4 is 10.6 Å². The van der Waals surface area contributed by atoms with Crippen LogP contribution in [0.2, 0.25) is 0 Å². The number of hydrogen-bond donors (Lipinski definition) is 2. The second kappa shape index (κ2) is 7.02. The third-order valence-electron chi connectivity index (χ3n) is 4.21. The van der Waals surface area contributed by atoms with Gasteiger partial charge in [0.05, 0.1) is 0 Å². The molecule has 1 aromatic heterocycles. The SMILES string of the molecule is Cc1c(C(=O)NC2CCNCC2C)oc2ccc(Br)cc12.Cl. The predicted octanol–water partition coefficient (Wildman–Crippen LogP) is 3.65. The van der Waals surface area contributed by atoms with E-state index in [1.807, 2.05) is 25.1 Å². The Labute approximate surface area is 144 Å². The van der Waals surface area contributed by atoms with Gasteiger partial charge in [0.15, 0.2) is 5.76 Å². The Kier molecular flexibility index (Phi) is 5.53. The predicted molar refractivity (Wildman–Crippen MR) is 93.8 cm³/mol. The van der Waals surface area contributed by atoms with Gasteiger partial charge in [0, 0.05) is 21.5 Å². The van der Waals surface area contributed by atoms with Gasteiger partial charge >= 0.3 is 0 Å². The van der Waals surface area contributed by atoms with Crippen molar-refractivity contribution in [2.24, 2.45) is 5.92 Å². The molecule has 4 nitrogen and oxygen atoms in total. The van der Waals surface area contributed by atoms with Gasteiger partial charge in [-0.2, -0.15) is 0 Å². The van der Waals surface area contributed by atoms with Gasteiger partial charge in [0.25, 0.3) is 5.91 Å². The van der Waals surface area contributed by atoms with Gasteiger partial charge in [-0.25, -0.2) is 0 Å². The molecule has 3 rings (SSSR count). The van der Waals surface area contributed by atoms with Gasteiger partial charge in [0.1, 0.15) is 5.58 Å². The maximum atomic E-state index is 12.5. The first-order chi connectivity index (χ1) is 10.1. The lowest BCUT2D eigenvalue weighted by atomic mass is 9.95. The van der Waals surface area contributed by atoms with E-state index in [1.165, 1.54) is 0 Å². The number of nitrogens with one attached hydrogen (secondary N) is 2. The van der Waals surface area contributed by atoms with Crippen molar-refractivity contribution < 1.29 is 9.21 Å². The molecule has 1 aliphatic rings. The first-order valence-electron chi connectivity index (χ1n) is 7.26. The molecule has 0 spiro atoms. The van der Waals surface area contributed by atoms with E-state index in [1.54, 1.807) is 0 Å². The Morgan fingerprint density at radius 2 is 2.23 bits per heavy atom. The number of benzene rings is 1. The van der Waals surface area contributed by atoms with Gasteiger partial charge in [-0.3, -0.25) is 4.79 Å². The number of hydrogen-bond acceptors (Lipinski definition) is 3. The first-order valence-corrected chi connectivity index (χ1v) is 8.06. The summed E-state index contributed by atoms with van der Waals surface area (Å²) < 4.78 is 6.73. The number of piperidine rings is 1. The Morgan fingerprint density at radius 3 is 2.95 bits per heavy atom. The summed E-state index contributed by atoms with van der Waals surface area (Å²) in [7, 11) is 0. The lowest BCUT2D eigenvalue weighted by Crippen LogP contribution is -2.48. The molecule has 2 N–H and O–H groups in total. The Morgan fingerprint density at radius 1 is 1.45 bits per heavy atom. The number of furan rings is 1. The number of halogens is 2. The minimum atomic E-state index is -0.112. The molecular weight excluding hydrogens is 368 g/mol. The topological polar surface area (TPSA) is 54.3 Å². The molecule has 6 heteroatoms. The molecule has 22 heavy (non-hydrogen) atoms.